The third-order valence-electron chi connectivity index (χ3n) is 3.90. The van der Waals surface area contributed by atoms with Gasteiger partial charge in [-0.25, -0.2) is 0 Å². The van der Waals surface area contributed by atoms with E-state index in [1.165, 1.54) is 19.3 Å². The highest BCUT2D eigenvalue weighted by atomic mass is 15.2. The van der Waals surface area contributed by atoms with Crippen LogP contribution in [0, 0.1) is 11.8 Å². The molecule has 1 heteroatoms. The second-order valence-corrected chi connectivity index (χ2v) is 5.48. The molecule has 0 aliphatic carbocycles. The average molecular weight is 213 g/mol. The molecule has 0 N–H and O–H groups in total. The largest absolute Gasteiger partial charge is 0.300 e. The summed E-state index contributed by atoms with van der Waals surface area (Å²) in [5.74, 6) is 1.61. The lowest BCUT2D eigenvalue weighted by atomic mass is 9.94. The van der Waals surface area contributed by atoms with Crippen LogP contribution in [0.1, 0.15) is 60.8 Å². The van der Waals surface area contributed by atoms with Gasteiger partial charge in [-0.2, -0.15) is 0 Å². The summed E-state index contributed by atoms with van der Waals surface area (Å²) in [6.07, 6.45) is 3.88. The van der Waals surface area contributed by atoms with Crippen molar-refractivity contribution in [3.05, 3.63) is 0 Å². The fourth-order valence-electron chi connectivity index (χ4n) is 2.24. The van der Waals surface area contributed by atoms with Crippen LogP contribution in [0.3, 0.4) is 0 Å². The molecule has 15 heavy (non-hydrogen) atoms. The van der Waals surface area contributed by atoms with E-state index < -0.39 is 0 Å². The van der Waals surface area contributed by atoms with Crippen molar-refractivity contribution in [3.63, 3.8) is 0 Å². The Morgan fingerprint density at radius 1 is 0.933 bits per heavy atom. The average Bonchev–Trinajstić information content (AvgIpc) is 2.22. The maximum Gasteiger partial charge on any atom is 0.00949 e. The SMILES string of the molecule is CCC(C)C(C)N(C)C(CC)CC(C)C. The van der Waals surface area contributed by atoms with Crippen LogP contribution in [0.2, 0.25) is 0 Å². The van der Waals surface area contributed by atoms with Crippen molar-refractivity contribution in [2.45, 2.75) is 72.9 Å². The fraction of sp³-hybridized carbons (Fsp3) is 1.00. The number of hydrogen-bond acceptors (Lipinski definition) is 1. The molecule has 0 aromatic heterocycles. The highest BCUT2D eigenvalue weighted by molar-refractivity contribution is 4.76. The molecule has 0 aromatic rings. The third-order valence-corrected chi connectivity index (χ3v) is 3.90. The number of rotatable bonds is 7. The van der Waals surface area contributed by atoms with E-state index in [1.807, 2.05) is 0 Å². The Labute approximate surface area is 97.2 Å². The topological polar surface area (TPSA) is 3.24 Å². The zero-order chi connectivity index (χ0) is 12.0. The minimum Gasteiger partial charge on any atom is -0.300 e. The van der Waals surface area contributed by atoms with E-state index in [1.54, 1.807) is 0 Å². The summed E-state index contributed by atoms with van der Waals surface area (Å²) < 4.78 is 0. The summed E-state index contributed by atoms with van der Waals surface area (Å²) in [7, 11) is 2.30. The first kappa shape index (κ1) is 15.0. The molecule has 0 aliphatic heterocycles. The second-order valence-electron chi connectivity index (χ2n) is 5.48. The normalized spacial score (nSPS) is 18.2. The highest BCUT2D eigenvalue weighted by Crippen LogP contribution is 2.20. The lowest BCUT2D eigenvalue weighted by Crippen LogP contribution is -2.42. The van der Waals surface area contributed by atoms with E-state index in [-0.39, 0.29) is 0 Å². The summed E-state index contributed by atoms with van der Waals surface area (Å²) in [6.45, 7) is 14.0. The quantitative estimate of drug-likeness (QED) is 0.613. The molecule has 0 saturated carbocycles. The van der Waals surface area contributed by atoms with Crippen molar-refractivity contribution in [2.75, 3.05) is 7.05 Å². The van der Waals surface area contributed by atoms with Gasteiger partial charge in [0.1, 0.15) is 0 Å². The lowest BCUT2D eigenvalue weighted by Gasteiger charge is -2.36. The molecule has 0 aromatic carbocycles. The number of nitrogens with zero attached hydrogens (tertiary/aromatic N) is 1. The fourth-order valence-corrected chi connectivity index (χ4v) is 2.24. The summed E-state index contributed by atoms with van der Waals surface area (Å²) in [5.41, 5.74) is 0. The smallest absolute Gasteiger partial charge is 0.00949 e. The first-order valence-corrected chi connectivity index (χ1v) is 6.65. The molecule has 0 heterocycles. The van der Waals surface area contributed by atoms with Crippen LogP contribution >= 0.6 is 0 Å². The van der Waals surface area contributed by atoms with Gasteiger partial charge in [0.15, 0.2) is 0 Å². The molecule has 0 radical (unpaired) electrons. The van der Waals surface area contributed by atoms with Crippen LogP contribution in [0.4, 0.5) is 0 Å². The predicted molar refractivity (Wildman–Crippen MR) is 70.2 cm³/mol. The molecule has 0 amide bonds. The summed E-state index contributed by atoms with van der Waals surface area (Å²) in [6, 6.07) is 1.47. The van der Waals surface area contributed by atoms with Gasteiger partial charge in [-0.1, -0.05) is 41.0 Å². The first-order valence-electron chi connectivity index (χ1n) is 6.65. The summed E-state index contributed by atoms with van der Waals surface area (Å²) >= 11 is 0. The summed E-state index contributed by atoms with van der Waals surface area (Å²) in [4.78, 5) is 2.59. The molecule has 3 unspecified atom stereocenters. The van der Waals surface area contributed by atoms with E-state index in [4.69, 9.17) is 0 Å². The molecule has 92 valence electrons. The Morgan fingerprint density at radius 3 is 1.80 bits per heavy atom. The van der Waals surface area contributed by atoms with E-state index in [2.05, 4.69) is 53.5 Å². The first-order chi connectivity index (χ1) is 6.93. The third kappa shape index (κ3) is 5.01. The van der Waals surface area contributed by atoms with Gasteiger partial charge in [-0.15, -0.1) is 0 Å². The molecule has 0 bridgehead atoms. The van der Waals surface area contributed by atoms with Gasteiger partial charge in [0, 0.05) is 12.1 Å². The maximum atomic E-state index is 2.59. The Morgan fingerprint density at radius 2 is 1.47 bits per heavy atom. The van der Waals surface area contributed by atoms with Crippen molar-refractivity contribution in [3.8, 4) is 0 Å². The van der Waals surface area contributed by atoms with Gasteiger partial charge < -0.3 is 4.90 Å². The Hall–Kier alpha value is -0.0400. The monoisotopic (exact) mass is 213 g/mol. The minimum absolute atomic E-state index is 0.707. The van der Waals surface area contributed by atoms with Crippen molar-refractivity contribution in [2.24, 2.45) is 11.8 Å². The van der Waals surface area contributed by atoms with Gasteiger partial charge in [0.25, 0.3) is 0 Å². The van der Waals surface area contributed by atoms with Crippen LogP contribution < -0.4 is 0 Å². The van der Waals surface area contributed by atoms with Gasteiger partial charge in [0.05, 0.1) is 0 Å². The maximum absolute atomic E-state index is 2.59. The number of hydrogen-bond donors (Lipinski definition) is 0. The van der Waals surface area contributed by atoms with Crippen molar-refractivity contribution < 1.29 is 0 Å². The van der Waals surface area contributed by atoms with Crippen LogP contribution in [-0.2, 0) is 0 Å². The van der Waals surface area contributed by atoms with Crippen LogP contribution in [0.15, 0.2) is 0 Å². The molecule has 0 spiro atoms. The summed E-state index contributed by atoms with van der Waals surface area (Å²) in [5, 5.41) is 0. The molecule has 0 aliphatic rings. The lowest BCUT2D eigenvalue weighted by molar-refractivity contribution is 0.121. The molecule has 3 atom stereocenters. The van der Waals surface area contributed by atoms with Crippen LogP contribution in [-0.4, -0.2) is 24.0 Å². The van der Waals surface area contributed by atoms with Crippen LogP contribution in [0.5, 0.6) is 0 Å². The zero-order valence-electron chi connectivity index (χ0n) is 11.9. The van der Waals surface area contributed by atoms with Crippen molar-refractivity contribution in [1.29, 1.82) is 0 Å². The molecule has 0 rings (SSSR count). The van der Waals surface area contributed by atoms with Crippen molar-refractivity contribution >= 4 is 0 Å². The van der Waals surface area contributed by atoms with Gasteiger partial charge in [-0.05, 0) is 38.6 Å². The highest BCUT2D eigenvalue weighted by Gasteiger charge is 2.22. The van der Waals surface area contributed by atoms with E-state index in [0.29, 0.717) is 6.04 Å². The molecular weight excluding hydrogens is 182 g/mol. The second kappa shape index (κ2) is 7.27. The molecule has 0 saturated heterocycles. The van der Waals surface area contributed by atoms with Gasteiger partial charge in [0.2, 0.25) is 0 Å². The Bertz CT molecular complexity index is 153. The van der Waals surface area contributed by atoms with Crippen molar-refractivity contribution in [1.82, 2.24) is 4.90 Å². The van der Waals surface area contributed by atoms with E-state index in [9.17, 15) is 0 Å². The molecular formula is C14H31N. The minimum atomic E-state index is 0.707. The van der Waals surface area contributed by atoms with Gasteiger partial charge in [-0.3, -0.25) is 0 Å². The van der Waals surface area contributed by atoms with E-state index in [0.717, 1.165) is 17.9 Å². The predicted octanol–water partition coefficient (Wildman–Crippen LogP) is 4.18. The standard InChI is InChI=1S/C14H31N/c1-8-12(5)13(6)15(7)14(9-2)10-11(3)4/h11-14H,8-10H2,1-7H3. The van der Waals surface area contributed by atoms with Crippen LogP contribution in [0.25, 0.3) is 0 Å². The Kier molecular flexibility index (Phi) is 7.25. The zero-order valence-corrected chi connectivity index (χ0v) is 11.9. The Balaban J connectivity index is 4.29. The molecule has 1 nitrogen and oxygen atoms in total. The van der Waals surface area contributed by atoms with E-state index >= 15 is 0 Å². The van der Waals surface area contributed by atoms with Gasteiger partial charge >= 0.3 is 0 Å². The molecule has 0 fully saturated rings.